The van der Waals surface area contributed by atoms with E-state index < -0.39 is 0 Å². The van der Waals surface area contributed by atoms with Gasteiger partial charge in [0.05, 0.1) is 0 Å². The van der Waals surface area contributed by atoms with Crippen LogP contribution in [0, 0.1) is 0 Å². The number of halogens is 1. The van der Waals surface area contributed by atoms with Gasteiger partial charge in [-0.15, -0.1) is 0 Å². The minimum absolute atomic E-state index is 0.140. The zero-order valence-electron chi connectivity index (χ0n) is 12.0. The van der Waals surface area contributed by atoms with Crippen molar-refractivity contribution >= 4 is 17.5 Å². The molecule has 1 aromatic carbocycles. The van der Waals surface area contributed by atoms with E-state index in [1.54, 1.807) is 0 Å². The van der Waals surface area contributed by atoms with E-state index in [-0.39, 0.29) is 5.91 Å². The predicted octanol–water partition coefficient (Wildman–Crippen LogP) is 3.09. The lowest BCUT2D eigenvalue weighted by Crippen LogP contribution is -2.41. The highest BCUT2D eigenvalue weighted by Crippen LogP contribution is 2.39. The fraction of sp³-hybridized carbons (Fsp3) is 0.562. The van der Waals surface area contributed by atoms with E-state index in [1.807, 2.05) is 18.2 Å². The number of carbonyl (C=O) groups excluding carboxylic acids is 1. The SMILES string of the molecule is CCCNC(=O)CCNC1CC(c2ccccc2Cl)C1. The molecule has 2 rings (SSSR count). The summed E-state index contributed by atoms with van der Waals surface area (Å²) in [5, 5.41) is 7.20. The Balaban J connectivity index is 1.63. The van der Waals surface area contributed by atoms with Crippen LogP contribution in [0.5, 0.6) is 0 Å². The van der Waals surface area contributed by atoms with Crippen molar-refractivity contribution in [3.63, 3.8) is 0 Å². The minimum atomic E-state index is 0.140. The fourth-order valence-corrected chi connectivity index (χ4v) is 2.88. The van der Waals surface area contributed by atoms with E-state index in [0.29, 0.717) is 18.4 Å². The lowest BCUT2D eigenvalue weighted by Gasteiger charge is -2.36. The number of carbonyl (C=O) groups is 1. The molecule has 0 saturated heterocycles. The molecule has 0 aliphatic heterocycles. The average Bonchev–Trinajstić information content (AvgIpc) is 2.40. The van der Waals surface area contributed by atoms with Gasteiger partial charge in [0.2, 0.25) is 5.91 Å². The largest absolute Gasteiger partial charge is 0.356 e. The Labute approximate surface area is 126 Å². The molecule has 0 heterocycles. The van der Waals surface area contributed by atoms with Crippen LogP contribution in [0.3, 0.4) is 0 Å². The molecule has 1 saturated carbocycles. The molecular weight excluding hydrogens is 272 g/mol. The Morgan fingerprint density at radius 1 is 1.30 bits per heavy atom. The fourth-order valence-electron chi connectivity index (χ4n) is 2.59. The molecule has 20 heavy (non-hydrogen) atoms. The van der Waals surface area contributed by atoms with E-state index in [1.165, 1.54) is 5.56 Å². The van der Waals surface area contributed by atoms with Gasteiger partial charge in [-0.1, -0.05) is 36.7 Å². The van der Waals surface area contributed by atoms with E-state index in [0.717, 1.165) is 37.4 Å². The zero-order valence-corrected chi connectivity index (χ0v) is 12.7. The average molecular weight is 295 g/mol. The highest BCUT2D eigenvalue weighted by atomic mass is 35.5. The van der Waals surface area contributed by atoms with Crippen molar-refractivity contribution in [1.82, 2.24) is 10.6 Å². The third kappa shape index (κ3) is 4.22. The first-order valence-electron chi connectivity index (χ1n) is 7.45. The lowest BCUT2D eigenvalue weighted by atomic mass is 9.76. The summed E-state index contributed by atoms with van der Waals surface area (Å²) in [5.41, 5.74) is 1.26. The van der Waals surface area contributed by atoms with E-state index in [4.69, 9.17) is 11.6 Å². The summed E-state index contributed by atoms with van der Waals surface area (Å²) in [6.07, 6.45) is 3.77. The molecule has 1 fully saturated rings. The first-order chi connectivity index (χ1) is 9.70. The van der Waals surface area contributed by atoms with Crippen LogP contribution < -0.4 is 10.6 Å². The molecule has 0 radical (unpaired) electrons. The normalized spacial score (nSPS) is 21.3. The van der Waals surface area contributed by atoms with Crippen molar-refractivity contribution in [2.45, 2.75) is 44.6 Å². The van der Waals surface area contributed by atoms with Crippen LogP contribution in [-0.2, 0) is 4.79 Å². The van der Waals surface area contributed by atoms with Gasteiger partial charge in [0, 0.05) is 30.6 Å². The van der Waals surface area contributed by atoms with E-state index in [2.05, 4.69) is 23.6 Å². The van der Waals surface area contributed by atoms with Gasteiger partial charge < -0.3 is 10.6 Å². The molecule has 110 valence electrons. The van der Waals surface area contributed by atoms with Crippen LogP contribution in [0.15, 0.2) is 24.3 Å². The second-order valence-electron chi connectivity index (χ2n) is 5.44. The highest BCUT2D eigenvalue weighted by Gasteiger charge is 2.30. The van der Waals surface area contributed by atoms with Crippen molar-refractivity contribution < 1.29 is 4.79 Å². The standard InChI is InChI=1S/C16H23ClN2O/c1-2-8-19-16(20)7-9-18-13-10-12(11-13)14-5-3-4-6-15(14)17/h3-6,12-13,18H,2,7-11H2,1H3,(H,19,20). The molecule has 1 aromatic rings. The smallest absolute Gasteiger partial charge is 0.221 e. The molecular formula is C16H23ClN2O. The summed E-state index contributed by atoms with van der Waals surface area (Å²) < 4.78 is 0. The van der Waals surface area contributed by atoms with Gasteiger partial charge >= 0.3 is 0 Å². The van der Waals surface area contributed by atoms with Crippen molar-refractivity contribution in [2.24, 2.45) is 0 Å². The minimum Gasteiger partial charge on any atom is -0.356 e. The summed E-state index contributed by atoms with van der Waals surface area (Å²) in [6.45, 7) is 3.59. The number of hydrogen-bond donors (Lipinski definition) is 2. The molecule has 1 aliphatic rings. The highest BCUT2D eigenvalue weighted by molar-refractivity contribution is 6.31. The van der Waals surface area contributed by atoms with Crippen LogP contribution in [0.25, 0.3) is 0 Å². The Bertz CT molecular complexity index is 444. The molecule has 0 aromatic heterocycles. The first kappa shape index (κ1) is 15.3. The summed E-state index contributed by atoms with van der Waals surface area (Å²) in [5.74, 6) is 0.705. The molecule has 0 atom stereocenters. The van der Waals surface area contributed by atoms with Crippen molar-refractivity contribution in [3.8, 4) is 0 Å². The topological polar surface area (TPSA) is 41.1 Å². The summed E-state index contributed by atoms with van der Waals surface area (Å²) in [6, 6.07) is 8.60. The number of hydrogen-bond acceptors (Lipinski definition) is 2. The Kier molecular flexibility index (Phi) is 5.86. The Hall–Kier alpha value is -1.06. The van der Waals surface area contributed by atoms with Gasteiger partial charge in [0.25, 0.3) is 0 Å². The van der Waals surface area contributed by atoms with Crippen LogP contribution in [0.2, 0.25) is 5.02 Å². The van der Waals surface area contributed by atoms with Crippen LogP contribution in [-0.4, -0.2) is 25.0 Å². The molecule has 0 bridgehead atoms. The maximum atomic E-state index is 11.5. The summed E-state index contributed by atoms with van der Waals surface area (Å²) in [4.78, 5) is 11.5. The predicted molar refractivity (Wildman–Crippen MR) is 83.1 cm³/mol. The number of benzene rings is 1. The van der Waals surface area contributed by atoms with Gasteiger partial charge in [-0.05, 0) is 36.8 Å². The zero-order chi connectivity index (χ0) is 14.4. The summed E-state index contributed by atoms with van der Waals surface area (Å²) >= 11 is 6.20. The second-order valence-corrected chi connectivity index (χ2v) is 5.85. The molecule has 2 N–H and O–H groups in total. The Morgan fingerprint density at radius 3 is 2.75 bits per heavy atom. The molecule has 0 unspecified atom stereocenters. The number of nitrogens with one attached hydrogen (secondary N) is 2. The van der Waals surface area contributed by atoms with Gasteiger partial charge in [-0.25, -0.2) is 0 Å². The quantitative estimate of drug-likeness (QED) is 0.811. The van der Waals surface area contributed by atoms with Gasteiger partial charge in [-0.3, -0.25) is 4.79 Å². The van der Waals surface area contributed by atoms with E-state index >= 15 is 0 Å². The van der Waals surface area contributed by atoms with Gasteiger partial charge in [0.15, 0.2) is 0 Å². The third-order valence-corrected chi connectivity index (χ3v) is 4.18. The Morgan fingerprint density at radius 2 is 2.05 bits per heavy atom. The summed E-state index contributed by atoms with van der Waals surface area (Å²) in [7, 11) is 0. The van der Waals surface area contributed by atoms with Crippen molar-refractivity contribution in [3.05, 3.63) is 34.9 Å². The van der Waals surface area contributed by atoms with Gasteiger partial charge in [0.1, 0.15) is 0 Å². The number of rotatable bonds is 7. The molecule has 3 nitrogen and oxygen atoms in total. The molecule has 4 heteroatoms. The van der Waals surface area contributed by atoms with Gasteiger partial charge in [-0.2, -0.15) is 0 Å². The van der Waals surface area contributed by atoms with Crippen LogP contribution in [0.4, 0.5) is 0 Å². The number of amides is 1. The van der Waals surface area contributed by atoms with Crippen LogP contribution in [0.1, 0.15) is 44.1 Å². The maximum absolute atomic E-state index is 11.5. The first-order valence-corrected chi connectivity index (χ1v) is 7.83. The third-order valence-electron chi connectivity index (χ3n) is 3.84. The molecule has 0 spiro atoms. The maximum Gasteiger partial charge on any atom is 0.221 e. The molecule has 1 amide bonds. The molecule has 1 aliphatic carbocycles. The van der Waals surface area contributed by atoms with Crippen molar-refractivity contribution in [2.75, 3.05) is 13.1 Å². The van der Waals surface area contributed by atoms with Crippen LogP contribution >= 0.6 is 11.6 Å². The monoisotopic (exact) mass is 294 g/mol. The van der Waals surface area contributed by atoms with E-state index in [9.17, 15) is 4.79 Å². The second kappa shape index (κ2) is 7.65. The van der Waals surface area contributed by atoms with Crippen molar-refractivity contribution in [1.29, 1.82) is 0 Å². The lowest BCUT2D eigenvalue weighted by molar-refractivity contribution is -0.121.